The Hall–Kier alpha value is -1.61. The van der Waals surface area contributed by atoms with Gasteiger partial charge in [-0.05, 0) is 52.4 Å². The van der Waals surface area contributed by atoms with Gasteiger partial charge in [0.2, 0.25) is 0 Å². The zero-order chi connectivity index (χ0) is 13.8. The lowest BCUT2D eigenvalue weighted by molar-refractivity contribution is 0.707. The van der Waals surface area contributed by atoms with E-state index >= 15 is 0 Å². The molecule has 0 spiro atoms. The summed E-state index contributed by atoms with van der Waals surface area (Å²) in [7, 11) is 1.98. The first-order chi connectivity index (χ1) is 9.11. The van der Waals surface area contributed by atoms with E-state index in [4.69, 9.17) is 4.98 Å². The lowest BCUT2D eigenvalue weighted by atomic mass is 10.0. The summed E-state index contributed by atoms with van der Waals surface area (Å²) in [6.45, 7) is 7.40. The summed E-state index contributed by atoms with van der Waals surface area (Å²) in [5, 5.41) is 3.17. The van der Waals surface area contributed by atoms with Gasteiger partial charge >= 0.3 is 0 Å². The molecule has 0 saturated carbocycles. The van der Waals surface area contributed by atoms with Gasteiger partial charge in [0.05, 0.1) is 5.69 Å². The summed E-state index contributed by atoms with van der Waals surface area (Å²) >= 11 is 0. The van der Waals surface area contributed by atoms with Gasteiger partial charge in [0.1, 0.15) is 5.82 Å². The minimum Gasteiger partial charge on any atom is -0.346 e. The van der Waals surface area contributed by atoms with Crippen LogP contribution in [-0.2, 0) is 6.42 Å². The van der Waals surface area contributed by atoms with Crippen LogP contribution in [0.4, 0.5) is 0 Å². The van der Waals surface area contributed by atoms with Crippen LogP contribution in [0.25, 0.3) is 11.3 Å². The SMILES string of the molecule is CNCCCc1nc(-c2cc(C)ccc2C)c(C)[nH]1. The molecule has 0 fully saturated rings. The highest BCUT2D eigenvalue weighted by atomic mass is 14.9. The van der Waals surface area contributed by atoms with Crippen LogP contribution in [-0.4, -0.2) is 23.6 Å². The third-order valence-electron chi connectivity index (χ3n) is 3.42. The van der Waals surface area contributed by atoms with Gasteiger partial charge in [-0.3, -0.25) is 0 Å². The number of rotatable bonds is 5. The van der Waals surface area contributed by atoms with E-state index in [2.05, 4.69) is 49.3 Å². The van der Waals surface area contributed by atoms with E-state index in [9.17, 15) is 0 Å². The van der Waals surface area contributed by atoms with Crippen molar-refractivity contribution in [1.29, 1.82) is 0 Å². The lowest BCUT2D eigenvalue weighted by Gasteiger charge is -2.05. The fourth-order valence-electron chi connectivity index (χ4n) is 2.33. The van der Waals surface area contributed by atoms with E-state index in [0.717, 1.165) is 36.6 Å². The van der Waals surface area contributed by atoms with Crippen molar-refractivity contribution in [2.75, 3.05) is 13.6 Å². The van der Waals surface area contributed by atoms with Crippen LogP contribution in [0.1, 0.15) is 29.1 Å². The van der Waals surface area contributed by atoms with E-state index in [1.54, 1.807) is 0 Å². The molecule has 3 nitrogen and oxygen atoms in total. The number of aryl methyl sites for hydroxylation is 4. The van der Waals surface area contributed by atoms with Gasteiger partial charge in [0, 0.05) is 17.7 Å². The van der Waals surface area contributed by atoms with Crippen LogP contribution in [0.15, 0.2) is 18.2 Å². The number of H-pyrrole nitrogens is 1. The van der Waals surface area contributed by atoms with Crippen molar-refractivity contribution in [3.8, 4) is 11.3 Å². The molecule has 0 aliphatic rings. The van der Waals surface area contributed by atoms with E-state index in [1.807, 2.05) is 7.05 Å². The average Bonchev–Trinajstić information content (AvgIpc) is 2.74. The second-order valence-electron chi connectivity index (χ2n) is 5.18. The molecule has 0 bridgehead atoms. The Morgan fingerprint density at radius 2 is 2.00 bits per heavy atom. The van der Waals surface area contributed by atoms with Crippen molar-refractivity contribution in [3.05, 3.63) is 40.8 Å². The smallest absolute Gasteiger partial charge is 0.107 e. The highest BCUT2D eigenvalue weighted by molar-refractivity contribution is 5.66. The first-order valence-corrected chi connectivity index (χ1v) is 6.89. The largest absolute Gasteiger partial charge is 0.346 e. The molecule has 2 rings (SSSR count). The first kappa shape index (κ1) is 13.8. The van der Waals surface area contributed by atoms with Gasteiger partial charge in [-0.1, -0.05) is 17.7 Å². The van der Waals surface area contributed by atoms with Crippen molar-refractivity contribution in [1.82, 2.24) is 15.3 Å². The maximum atomic E-state index is 4.77. The number of imidazole rings is 1. The van der Waals surface area contributed by atoms with Gasteiger partial charge in [0.15, 0.2) is 0 Å². The molecule has 19 heavy (non-hydrogen) atoms. The second-order valence-corrected chi connectivity index (χ2v) is 5.18. The van der Waals surface area contributed by atoms with Crippen LogP contribution in [0.3, 0.4) is 0 Å². The normalized spacial score (nSPS) is 10.9. The quantitative estimate of drug-likeness (QED) is 0.808. The third-order valence-corrected chi connectivity index (χ3v) is 3.42. The molecule has 1 heterocycles. The molecule has 0 amide bonds. The van der Waals surface area contributed by atoms with Crippen LogP contribution in [0.2, 0.25) is 0 Å². The van der Waals surface area contributed by atoms with Crippen molar-refractivity contribution in [2.45, 2.75) is 33.6 Å². The molecule has 1 aromatic carbocycles. The molecular formula is C16H23N3. The van der Waals surface area contributed by atoms with Crippen LogP contribution in [0.5, 0.6) is 0 Å². The fourth-order valence-corrected chi connectivity index (χ4v) is 2.33. The van der Waals surface area contributed by atoms with E-state index < -0.39 is 0 Å². The molecule has 3 heteroatoms. The molecule has 2 N–H and O–H groups in total. The Labute approximate surface area is 115 Å². The van der Waals surface area contributed by atoms with Crippen molar-refractivity contribution in [2.24, 2.45) is 0 Å². The van der Waals surface area contributed by atoms with Crippen LogP contribution >= 0.6 is 0 Å². The third kappa shape index (κ3) is 3.24. The van der Waals surface area contributed by atoms with Crippen LogP contribution in [0, 0.1) is 20.8 Å². The van der Waals surface area contributed by atoms with Crippen molar-refractivity contribution < 1.29 is 0 Å². The highest BCUT2D eigenvalue weighted by Crippen LogP contribution is 2.26. The van der Waals surface area contributed by atoms with Gasteiger partial charge in [-0.15, -0.1) is 0 Å². The first-order valence-electron chi connectivity index (χ1n) is 6.89. The zero-order valence-corrected chi connectivity index (χ0v) is 12.3. The number of benzene rings is 1. The molecule has 0 radical (unpaired) electrons. The molecule has 2 aromatic rings. The van der Waals surface area contributed by atoms with Crippen LogP contribution < -0.4 is 5.32 Å². The molecule has 1 aromatic heterocycles. The molecule has 102 valence electrons. The predicted molar refractivity (Wildman–Crippen MR) is 80.5 cm³/mol. The van der Waals surface area contributed by atoms with Gasteiger partial charge in [-0.2, -0.15) is 0 Å². The summed E-state index contributed by atoms with van der Waals surface area (Å²) in [5.74, 6) is 1.09. The monoisotopic (exact) mass is 257 g/mol. The summed E-state index contributed by atoms with van der Waals surface area (Å²) in [6.07, 6.45) is 2.10. The predicted octanol–water partition coefficient (Wildman–Crippen LogP) is 3.15. The molecule has 0 aliphatic heterocycles. The number of hydrogen-bond acceptors (Lipinski definition) is 2. The maximum absolute atomic E-state index is 4.77. The standard InChI is InChI=1S/C16H23N3/c1-11-7-8-12(2)14(10-11)16-13(3)18-15(19-16)6-5-9-17-4/h7-8,10,17H,5-6,9H2,1-4H3,(H,18,19). The molecule has 0 unspecified atom stereocenters. The fraction of sp³-hybridized carbons (Fsp3) is 0.438. The maximum Gasteiger partial charge on any atom is 0.107 e. The second kappa shape index (κ2) is 6.02. The Bertz CT molecular complexity index is 555. The molecule has 0 atom stereocenters. The molecular weight excluding hydrogens is 234 g/mol. The van der Waals surface area contributed by atoms with E-state index in [-0.39, 0.29) is 0 Å². The summed E-state index contributed by atoms with van der Waals surface area (Å²) in [5.41, 5.74) is 6.06. The number of aromatic amines is 1. The summed E-state index contributed by atoms with van der Waals surface area (Å²) < 4.78 is 0. The van der Waals surface area contributed by atoms with Gasteiger partial charge in [0.25, 0.3) is 0 Å². The molecule has 0 aliphatic carbocycles. The topological polar surface area (TPSA) is 40.7 Å². The number of nitrogens with zero attached hydrogens (tertiary/aromatic N) is 1. The van der Waals surface area contributed by atoms with E-state index in [1.165, 1.54) is 16.7 Å². The zero-order valence-electron chi connectivity index (χ0n) is 12.3. The van der Waals surface area contributed by atoms with Gasteiger partial charge < -0.3 is 10.3 Å². The Morgan fingerprint density at radius 1 is 1.21 bits per heavy atom. The number of aromatic nitrogens is 2. The number of nitrogens with one attached hydrogen (secondary N) is 2. The van der Waals surface area contributed by atoms with E-state index in [0.29, 0.717) is 0 Å². The summed E-state index contributed by atoms with van der Waals surface area (Å²) in [4.78, 5) is 8.18. The minimum atomic E-state index is 0.993. The summed E-state index contributed by atoms with van der Waals surface area (Å²) in [6, 6.07) is 6.53. The minimum absolute atomic E-state index is 0.993. The Kier molecular flexibility index (Phi) is 4.38. The number of hydrogen-bond donors (Lipinski definition) is 2. The Morgan fingerprint density at radius 3 is 2.74 bits per heavy atom. The van der Waals surface area contributed by atoms with Crippen molar-refractivity contribution in [3.63, 3.8) is 0 Å². The molecule has 0 saturated heterocycles. The lowest BCUT2D eigenvalue weighted by Crippen LogP contribution is -2.08. The highest BCUT2D eigenvalue weighted by Gasteiger charge is 2.11. The Balaban J connectivity index is 2.27. The van der Waals surface area contributed by atoms with Gasteiger partial charge in [-0.25, -0.2) is 4.98 Å². The van der Waals surface area contributed by atoms with Crippen molar-refractivity contribution >= 4 is 0 Å². The average molecular weight is 257 g/mol.